The molecule has 0 atom stereocenters. The van der Waals surface area contributed by atoms with Crippen LogP contribution < -0.4 is 10.5 Å². The second-order valence-electron chi connectivity index (χ2n) is 7.81. The summed E-state index contributed by atoms with van der Waals surface area (Å²) in [5.74, 6) is -0.802. The Labute approximate surface area is 191 Å². The largest absolute Gasteiger partial charge is 0.507 e. The lowest BCUT2D eigenvalue weighted by molar-refractivity contribution is -0.138. The van der Waals surface area contributed by atoms with Crippen LogP contribution in [0, 0.1) is 11.3 Å². The van der Waals surface area contributed by atoms with Gasteiger partial charge >= 0.3 is 6.18 Å². The minimum absolute atomic E-state index is 0.0263. The Hall–Kier alpha value is -3.29. The molecule has 3 heterocycles. The number of nitrogens with zero attached hydrogens (tertiary/aromatic N) is 5. The predicted molar refractivity (Wildman–Crippen MR) is 117 cm³/mol. The molecule has 1 aliphatic heterocycles. The fraction of sp³-hybridized carbons (Fsp3) is 0.318. The molecule has 1 saturated heterocycles. The van der Waals surface area contributed by atoms with E-state index in [0.29, 0.717) is 48.5 Å². The zero-order valence-electron chi connectivity index (χ0n) is 17.5. The Morgan fingerprint density at radius 2 is 1.88 bits per heavy atom. The molecule has 33 heavy (non-hydrogen) atoms. The van der Waals surface area contributed by atoms with Crippen molar-refractivity contribution in [1.82, 2.24) is 14.5 Å². The van der Waals surface area contributed by atoms with Crippen molar-refractivity contribution < 1.29 is 18.3 Å². The van der Waals surface area contributed by atoms with Crippen LogP contribution in [0.5, 0.6) is 5.75 Å². The zero-order chi connectivity index (χ0) is 23.9. The number of hydrogen-bond donors (Lipinski definition) is 1. The van der Waals surface area contributed by atoms with Crippen molar-refractivity contribution in [1.29, 1.82) is 5.26 Å². The SMILES string of the molecule is Cn1c(=O)c(C#N)c(N2CCN(Cc3ccc(O)c(C(F)(F)F)c3)CC2)c2nc(Cl)ccc21. The number of hydrogen-bond acceptors (Lipinski definition) is 6. The van der Waals surface area contributed by atoms with Crippen LogP contribution in [0.2, 0.25) is 5.15 Å². The molecule has 0 aliphatic carbocycles. The monoisotopic (exact) mass is 477 g/mol. The number of rotatable bonds is 3. The van der Waals surface area contributed by atoms with Crippen molar-refractivity contribution in [2.24, 2.45) is 7.05 Å². The number of pyridine rings is 2. The molecule has 0 spiro atoms. The van der Waals surface area contributed by atoms with Gasteiger partial charge in [0.2, 0.25) is 0 Å². The molecule has 172 valence electrons. The second-order valence-corrected chi connectivity index (χ2v) is 8.20. The van der Waals surface area contributed by atoms with Crippen molar-refractivity contribution in [3.8, 4) is 11.8 Å². The van der Waals surface area contributed by atoms with Gasteiger partial charge in [0.15, 0.2) is 0 Å². The molecule has 11 heteroatoms. The number of aromatic nitrogens is 2. The number of piperazine rings is 1. The third kappa shape index (κ3) is 4.34. The topological polar surface area (TPSA) is 85.4 Å². The molecule has 1 aliphatic rings. The molecule has 1 N–H and O–H groups in total. The number of benzene rings is 1. The van der Waals surface area contributed by atoms with Crippen LogP contribution in [0.25, 0.3) is 11.0 Å². The van der Waals surface area contributed by atoms with E-state index in [4.69, 9.17) is 11.6 Å². The first kappa shape index (κ1) is 22.9. The molecular formula is C22H19ClF3N5O2. The minimum atomic E-state index is -4.64. The number of fused-ring (bicyclic) bond motifs is 1. The first-order valence-corrected chi connectivity index (χ1v) is 10.4. The fourth-order valence-corrected chi connectivity index (χ4v) is 4.22. The van der Waals surface area contributed by atoms with Gasteiger partial charge in [-0.2, -0.15) is 18.4 Å². The molecule has 4 rings (SSSR count). The highest BCUT2D eigenvalue weighted by atomic mass is 35.5. The van der Waals surface area contributed by atoms with Crippen molar-refractivity contribution in [3.05, 3.63) is 62.5 Å². The van der Waals surface area contributed by atoms with Crippen molar-refractivity contribution in [2.75, 3.05) is 31.1 Å². The number of phenolic OH excluding ortho intramolecular Hbond substituents is 1. The summed E-state index contributed by atoms with van der Waals surface area (Å²) in [6.45, 7) is 2.13. The fourth-order valence-electron chi connectivity index (χ4n) is 4.07. The molecule has 0 radical (unpaired) electrons. The summed E-state index contributed by atoms with van der Waals surface area (Å²) in [5, 5.41) is 19.4. The standard InChI is InChI=1S/C22H19ClF3N5O2/c1-29-16-3-5-18(23)28-19(16)20(14(11-27)21(29)33)31-8-6-30(7-9-31)12-13-2-4-17(32)15(10-13)22(24,25)26/h2-5,10,32H,6-9,12H2,1H3. The summed E-state index contributed by atoms with van der Waals surface area (Å²) < 4.78 is 40.6. The summed E-state index contributed by atoms with van der Waals surface area (Å²) in [6, 6.07) is 8.71. The van der Waals surface area contributed by atoms with E-state index in [1.807, 2.05) is 15.9 Å². The van der Waals surface area contributed by atoms with Crippen molar-refractivity contribution in [3.63, 3.8) is 0 Å². The molecular weight excluding hydrogens is 459 g/mol. The first-order valence-electron chi connectivity index (χ1n) is 10.1. The van der Waals surface area contributed by atoms with E-state index in [1.165, 1.54) is 10.6 Å². The average molecular weight is 478 g/mol. The van der Waals surface area contributed by atoms with Gasteiger partial charge in [-0.25, -0.2) is 4.98 Å². The van der Waals surface area contributed by atoms with Gasteiger partial charge in [0.05, 0.1) is 16.8 Å². The summed E-state index contributed by atoms with van der Waals surface area (Å²) in [6.07, 6.45) is -4.64. The van der Waals surface area contributed by atoms with Gasteiger partial charge in [0.25, 0.3) is 5.56 Å². The quantitative estimate of drug-likeness (QED) is 0.581. The molecule has 1 fully saturated rings. The van der Waals surface area contributed by atoms with Gasteiger partial charge in [-0.05, 0) is 29.8 Å². The Morgan fingerprint density at radius 1 is 1.18 bits per heavy atom. The van der Waals surface area contributed by atoms with Crippen LogP contribution in [0.3, 0.4) is 0 Å². The summed E-state index contributed by atoms with van der Waals surface area (Å²) in [7, 11) is 1.57. The first-order chi connectivity index (χ1) is 15.6. The lowest BCUT2D eigenvalue weighted by Gasteiger charge is -2.36. The molecule has 0 saturated carbocycles. The summed E-state index contributed by atoms with van der Waals surface area (Å²) in [5.41, 5.74) is 0.316. The Bertz CT molecular complexity index is 1320. The second kappa shape index (κ2) is 8.57. The Kier molecular flexibility index (Phi) is 5.95. The van der Waals surface area contributed by atoms with Crippen molar-refractivity contribution in [2.45, 2.75) is 12.7 Å². The number of halogens is 4. The van der Waals surface area contributed by atoms with E-state index in [0.717, 1.165) is 12.1 Å². The normalized spacial score (nSPS) is 15.1. The zero-order valence-corrected chi connectivity index (χ0v) is 18.3. The maximum atomic E-state index is 13.1. The van der Waals surface area contributed by atoms with E-state index in [-0.39, 0.29) is 17.3 Å². The van der Waals surface area contributed by atoms with E-state index in [9.17, 15) is 28.3 Å². The van der Waals surface area contributed by atoms with Gasteiger partial charge in [0, 0.05) is 39.8 Å². The lowest BCUT2D eigenvalue weighted by Crippen LogP contribution is -2.47. The van der Waals surface area contributed by atoms with Crippen LogP contribution in [-0.2, 0) is 19.8 Å². The highest BCUT2D eigenvalue weighted by Gasteiger charge is 2.34. The van der Waals surface area contributed by atoms with E-state index in [1.54, 1.807) is 19.2 Å². The van der Waals surface area contributed by atoms with Crippen LogP contribution in [0.4, 0.5) is 18.9 Å². The van der Waals surface area contributed by atoms with Gasteiger partial charge < -0.3 is 14.6 Å². The van der Waals surface area contributed by atoms with E-state index >= 15 is 0 Å². The molecule has 7 nitrogen and oxygen atoms in total. The van der Waals surface area contributed by atoms with Gasteiger partial charge in [-0.1, -0.05) is 17.7 Å². The maximum absolute atomic E-state index is 13.1. The average Bonchev–Trinajstić information content (AvgIpc) is 2.77. The predicted octanol–water partition coefficient (Wildman–Crippen LogP) is 3.51. The van der Waals surface area contributed by atoms with E-state index in [2.05, 4.69) is 4.98 Å². The smallest absolute Gasteiger partial charge is 0.419 e. The number of anilines is 1. The maximum Gasteiger partial charge on any atom is 0.419 e. The van der Waals surface area contributed by atoms with Gasteiger partial charge in [-0.15, -0.1) is 0 Å². The van der Waals surface area contributed by atoms with E-state index < -0.39 is 23.0 Å². The molecule has 0 unspecified atom stereocenters. The number of alkyl halides is 3. The molecule has 2 aromatic heterocycles. The highest BCUT2D eigenvalue weighted by Crippen LogP contribution is 2.36. The van der Waals surface area contributed by atoms with Crippen LogP contribution in [-0.4, -0.2) is 45.7 Å². The number of aromatic hydroxyl groups is 1. The van der Waals surface area contributed by atoms with Gasteiger partial charge in [-0.3, -0.25) is 9.69 Å². The number of aryl methyl sites for hydroxylation is 1. The minimum Gasteiger partial charge on any atom is -0.507 e. The Morgan fingerprint density at radius 3 is 2.52 bits per heavy atom. The van der Waals surface area contributed by atoms with Gasteiger partial charge in [0.1, 0.15) is 28.1 Å². The third-order valence-corrected chi connectivity index (χ3v) is 5.96. The Balaban J connectivity index is 1.59. The lowest BCUT2D eigenvalue weighted by atomic mass is 10.1. The number of nitriles is 1. The van der Waals surface area contributed by atoms with Crippen LogP contribution in [0.15, 0.2) is 35.1 Å². The summed E-state index contributed by atoms with van der Waals surface area (Å²) in [4.78, 5) is 21.0. The highest BCUT2D eigenvalue weighted by molar-refractivity contribution is 6.29. The molecule has 3 aromatic rings. The summed E-state index contributed by atoms with van der Waals surface area (Å²) >= 11 is 6.08. The van der Waals surface area contributed by atoms with Crippen LogP contribution >= 0.6 is 11.6 Å². The van der Waals surface area contributed by atoms with Crippen LogP contribution in [0.1, 0.15) is 16.7 Å². The number of phenols is 1. The molecule has 1 aromatic carbocycles. The third-order valence-electron chi connectivity index (χ3n) is 5.75. The molecule has 0 amide bonds. The molecule has 0 bridgehead atoms. The van der Waals surface area contributed by atoms with Crippen molar-refractivity contribution >= 4 is 28.3 Å².